The average Bonchev–Trinajstić information content (AvgIpc) is 3.02. The Hall–Kier alpha value is -2.93. The number of likely N-dealkylation sites (tertiary alicyclic amines) is 1. The molecule has 0 saturated carbocycles. The number of amides is 2. The predicted octanol–water partition coefficient (Wildman–Crippen LogP) is 2.04. The Morgan fingerprint density at radius 1 is 1.30 bits per heavy atom. The van der Waals surface area contributed by atoms with Crippen molar-refractivity contribution in [3.05, 3.63) is 59.9 Å². The number of hydrogen-bond donors (Lipinski definition) is 2. The van der Waals surface area contributed by atoms with Gasteiger partial charge in [-0.2, -0.15) is 0 Å². The molecule has 2 aromatic rings. The number of hydrogen-bond acceptors (Lipinski definition) is 5. The topological polar surface area (TPSA) is 91.8 Å². The number of nitrogens with one attached hydrogen (secondary N) is 1. The van der Waals surface area contributed by atoms with Crippen molar-refractivity contribution in [3.63, 3.8) is 0 Å². The van der Waals surface area contributed by atoms with E-state index < -0.39 is 17.4 Å². The molecule has 0 bridgehead atoms. The van der Waals surface area contributed by atoms with Gasteiger partial charge < -0.3 is 9.64 Å². The number of hydroxylamine groups is 1. The first kappa shape index (κ1) is 18.8. The third-order valence-corrected chi connectivity index (χ3v) is 5.19. The summed E-state index contributed by atoms with van der Waals surface area (Å²) in [4.78, 5) is 30.0. The van der Waals surface area contributed by atoms with Gasteiger partial charge in [0.2, 0.25) is 5.91 Å². The molecule has 7 nitrogen and oxygen atoms in total. The fourth-order valence-electron chi connectivity index (χ4n) is 3.31. The van der Waals surface area contributed by atoms with Crippen LogP contribution in [0.15, 0.2) is 48.8 Å². The number of nitrogens with zero attached hydrogens (tertiary/aromatic N) is 2. The summed E-state index contributed by atoms with van der Waals surface area (Å²) in [6, 6.07) is 10.5. The fourth-order valence-corrected chi connectivity index (χ4v) is 3.31. The molecule has 142 valence electrons. The number of pyridine rings is 1. The van der Waals surface area contributed by atoms with E-state index in [1.165, 1.54) is 4.90 Å². The molecule has 1 aliphatic rings. The molecular formula is C20H23N3O4. The number of rotatable bonds is 6. The summed E-state index contributed by atoms with van der Waals surface area (Å²) in [5.41, 5.74) is 2.81. The molecule has 7 heteroatoms. The van der Waals surface area contributed by atoms with Crippen LogP contribution in [-0.2, 0) is 21.6 Å². The van der Waals surface area contributed by atoms with E-state index in [9.17, 15) is 9.59 Å². The van der Waals surface area contributed by atoms with Crippen molar-refractivity contribution in [1.82, 2.24) is 15.4 Å². The summed E-state index contributed by atoms with van der Waals surface area (Å²) < 4.78 is 5.77. The van der Waals surface area contributed by atoms with Crippen molar-refractivity contribution < 1.29 is 19.5 Å². The maximum atomic E-state index is 12.9. The molecule has 2 amide bonds. The molecule has 3 rings (SSSR count). The van der Waals surface area contributed by atoms with Gasteiger partial charge in [-0.1, -0.05) is 12.1 Å². The van der Waals surface area contributed by atoms with E-state index >= 15 is 0 Å². The standard InChI is InChI=1S/C20H23N3O4/c1-14(18(24)22-26)23-12-9-20(2,19(23)25)16-3-5-17(6-4-16)27-13-15-7-10-21-11-8-15/h3-8,10-11,14,26H,9,12-13H2,1-2H3,(H,22,24)/t14-,20+/m1/s1. The van der Waals surface area contributed by atoms with Crippen molar-refractivity contribution in [2.45, 2.75) is 38.3 Å². The molecule has 1 fully saturated rings. The molecule has 27 heavy (non-hydrogen) atoms. The molecule has 2 atom stereocenters. The quantitative estimate of drug-likeness (QED) is 0.601. The molecule has 0 unspecified atom stereocenters. The van der Waals surface area contributed by atoms with E-state index in [4.69, 9.17) is 9.94 Å². The molecule has 2 heterocycles. The number of carbonyl (C=O) groups is 2. The summed E-state index contributed by atoms with van der Waals surface area (Å²) in [5.74, 6) is 0.00556. The number of ether oxygens (including phenoxy) is 1. The first-order chi connectivity index (χ1) is 13.0. The van der Waals surface area contributed by atoms with Crippen molar-refractivity contribution in [2.24, 2.45) is 0 Å². The van der Waals surface area contributed by atoms with Gasteiger partial charge in [-0.3, -0.25) is 19.8 Å². The van der Waals surface area contributed by atoms with Crippen LogP contribution in [0.2, 0.25) is 0 Å². The third-order valence-electron chi connectivity index (χ3n) is 5.19. The predicted molar refractivity (Wildman–Crippen MR) is 98.1 cm³/mol. The van der Waals surface area contributed by atoms with Crippen LogP contribution in [0.25, 0.3) is 0 Å². The Kier molecular flexibility index (Phi) is 5.41. The highest BCUT2D eigenvalue weighted by Crippen LogP contribution is 2.37. The lowest BCUT2D eigenvalue weighted by molar-refractivity contribution is -0.143. The van der Waals surface area contributed by atoms with Gasteiger partial charge >= 0.3 is 0 Å². The molecule has 1 aromatic heterocycles. The highest BCUT2D eigenvalue weighted by molar-refractivity contribution is 5.94. The van der Waals surface area contributed by atoms with E-state index in [1.807, 2.05) is 43.3 Å². The Morgan fingerprint density at radius 2 is 1.96 bits per heavy atom. The number of benzene rings is 1. The SMILES string of the molecule is C[C@H](C(=O)NO)N1CC[C@@](C)(c2ccc(OCc3ccncc3)cc2)C1=O. The molecule has 2 N–H and O–H groups in total. The minimum absolute atomic E-state index is 0.121. The van der Waals surface area contributed by atoms with Crippen LogP contribution in [0.3, 0.4) is 0 Å². The maximum absolute atomic E-state index is 12.9. The van der Waals surface area contributed by atoms with Crippen LogP contribution in [0.1, 0.15) is 31.4 Å². The second-order valence-electron chi connectivity index (χ2n) is 6.90. The zero-order valence-electron chi connectivity index (χ0n) is 15.4. The summed E-state index contributed by atoms with van der Waals surface area (Å²) in [6.45, 7) is 4.39. The zero-order chi connectivity index (χ0) is 19.4. The van der Waals surface area contributed by atoms with E-state index in [1.54, 1.807) is 24.8 Å². The van der Waals surface area contributed by atoms with Gasteiger partial charge in [-0.15, -0.1) is 0 Å². The lowest BCUT2D eigenvalue weighted by Crippen LogP contribution is -2.47. The highest BCUT2D eigenvalue weighted by atomic mass is 16.5. The lowest BCUT2D eigenvalue weighted by atomic mass is 9.81. The summed E-state index contributed by atoms with van der Waals surface area (Å²) in [5, 5.41) is 8.81. The lowest BCUT2D eigenvalue weighted by Gasteiger charge is -2.27. The Morgan fingerprint density at radius 3 is 2.59 bits per heavy atom. The minimum atomic E-state index is -0.715. The van der Waals surface area contributed by atoms with Crippen LogP contribution in [0.5, 0.6) is 5.75 Å². The Bertz CT molecular complexity index is 810. The minimum Gasteiger partial charge on any atom is -0.489 e. The van der Waals surface area contributed by atoms with Crippen molar-refractivity contribution in [3.8, 4) is 5.75 Å². The van der Waals surface area contributed by atoms with Gasteiger partial charge in [-0.05, 0) is 55.7 Å². The molecule has 1 aromatic carbocycles. The van der Waals surface area contributed by atoms with Gasteiger partial charge in [0.05, 0.1) is 5.41 Å². The van der Waals surface area contributed by atoms with Crippen molar-refractivity contribution in [2.75, 3.05) is 6.54 Å². The maximum Gasteiger partial charge on any atom is 0.265 e. The molecular weight excluding hydrogens is 346 g/mol. The van der Waals surface area contributed by atoms with Gasteiger partial charge in [-0.25, -0.2) is 5.48 Å². The molecule has 1 aliphatic heterocycles. The summed E-state index contributed by atoms with van der Waals surface area (Å²) in [6.07, 6.45) is 4.04. The fraction of sp³-hybridized carbons (Fsp3) is 0.350. The third kappa shape index (κ3) is 3.78. The molecule has 0 aliphatic carbocycles. The van der Waals surface area contributed by atoms with E-state index in [0.29, 0.717) is 19.6 Å². The molecule has 1 saturated heterocycles. The monoisotopic (exact) mass is 369 g/mol. The van der Waals surface area contributed by atoms with Crippen LogP contribution in [0.4, 0.5) is 0 Å². The zero-order valence-corrected chi connectivity index (χ0v) is 15.4. The van der Waals surface area contributed by atoms with Crippen LogP contribution in [-0.4, -0.2) is 39.5 Å². The van der Waals surface area contributed by atoms with E-state index in [0.717, 1.165) is 16.9 Å². The Balaban J connectivity index is 1.69. The first-order valence-corrected chi connectivity index (χ1v) is 8.83. The smallest absolute Gasteiger partial charge is 0.265 e. The van der Waals surface area contributed by atoms with Crippen molar-refractivity contribution >= 4 is 11.8 Å². The van der Waals surface area contributed by atoms with Gasteiger partial charge in [0.15, 0.2) is 0 Å². The highest BCUT2D eigenvalue weighted by Gasteiger charge is 2.46. The van der Waals surface area contributed by atoms with E-state index in [2.05, 4.69) is 4.98 Å². The van der Waals surface area contributed by atoms with Crippen LogP contribution >= 0.6 is 0 Å². The van der Waals surface area contributed by atoms with Gasteiger partial charge in [0.1, 0.15) is 18.4 Å². The summed E-state index contributed by atoms with van der Waals surface area (Å²) >= 11 is 0. The van der Waals surface area contributed by atoms with E-state index in [-0.39, 0.29) is 5.91 Å². The summed E-state index contributed by atoms with van der Waals surface area (Å²) in [7, 11) is 0. The molecule has 0 spiro atoms. The number of aromatic nitrogens is 1. The van der Waals surface area contributed by atoms with Crippen LogP contribution in [0, 0.1) is 0 Å². The average molecular weight is 369 g/mol. The van der Waals surface area contributed by atoms with Gasteiger partial charge in [0, 0.05) is 18.9 Å². The van der Waals surface area contributed by atoms with Crippen LogP contribution < -0.4 is 10.2 Å². The van der Waals surface area contributed by atoms with Gasteiger partial charge in [0.25, 0.3) is 5.91 Å². The second kappa shape index (κ2) is 7.75. The second-order valence-corrected chi connectivity index (χ2v) is 6.90. The molecule has 0 radical (unpaired) electrons. The normalized spacial score (nSPS) is 20.4. The largest absolute Gasteiger partial charge is 0.489 e. The Labute approximate surface area is 157 Å². The first-order valence-electron chi connectivity index (χ1n) is 8.83. The number of carbonyl (C=O) groups excluding carboxylic acids is 2. The van der Waals surface area contributed by atoms with Crippen molar-refractivity contribution in [1.29, 1.82) is 0 Å².